The van der Waals surface area contributed by atoms with Gasteiger partial charge in [-0.3, -0.25) is 14.2 Å². The lowest BCUT2D eigenvalue weighted by Gasteiger charge is -2.28. The van der Waals surface area contributed by atoms with Crippen molar-refractivity contribution in [3.8, 4) is 0 Å². The normalized spacial score (nSPS) is 14.8. The molecule has 0 rings (SSSR count). The highest BCUT2D eigenvalue weighted by Gasteiger charge is 2.21. The summed E-state index contributed by atoms with van der Waals surface area (Å²) in [5.74, 6) is -0.964. The van der Waals surface area contributed by atoms with Crippen molar-refractivity contribution in [2.75, 3.05) is 47.5 Å². The molecule has 0 bridgehead atoms. The minimum atomic E-state index is -4.63. The number of phosphoric ester groups is 1. The summed E-state index contributed by atoms with van der Waals surface area (Å²) in [5, 5.41) is 0. The van der Waals surface area contributed by atoms with Crippen LogP contribution in [-0.2, 0) is 32.7 Å². The lowest BCUT2D eigenvalue weighted by molar-refractivity contribution is -0.870. The zero-order valence-electron chi connectivity index (χ0n) is 29.7. The Morgan fingerprint density at radius 3 is 1.72 bits per heavy atom. The van der Waals surface area contributed by atoms with Crippen LogP contribution in [0.15, 0.2) is 72.9 Å². The van der Waals surface area contributed by atoms with E-state index in [-0.39, 0.29) is 26.1 Å². The predicted molar refractivity (Wildman–Crippen MR) is 189 cm³/mol. The lowest BCUT2D eigenvalue weighted by Crippen LogP contribution is -2.37. The maximum Gasteiger partial charge on any atom is 0.306 e. The Labute approximate surface area is 285 Å². The monoisotopic (exact) mass is 679 g/mol. The highest BCUT2D eigenvalue weighted by atomic mass is 31.2. The van der Waals surface area contributed by atoms with Crippen LogP contribution in [0.5, 0.6) is 0 Å². The smallest absolute Gasteiger partial charge is 0.306 e. The number of esters is 2. The zero-order valence-corrected chi connectivity index (χ0v) is 30.6. The van der Waals surface area contributed by atoms with Crippen molar-refractivity contribution in [1.82, 2.24) is 0 Å². The molecule has 0 N–H and O–H groups in total. The fourth-order valence-corrected chi connectivity index (χ4v) is 4.52. The van der Waals surface area contributed by atoms with Crippen LogP contribution in [-0.4, -0.2) is 70.0 Å². The van der Waals surface area contributed by atoms with Crippen molar-refractivity contribution >= 4 is 19.8 Å². The Bertz CT molecular complexity index is 1040. The Kier molecular flexibility index (Phi) is 28.0. The molecule has 0 spiro atoms. The first kappa shape index (κ1) is 44.5. The van der Waals surface area contributed by atoms with Crippen LogP contribution in [0.4, 0.5) is 0 Å². The number of hydrogen-bond donors (Lipinski definition) is 0. The summed E-state index contributed by atoms with van der Waals surface area (Å²) in [5.41, 5.74) is 0. The van der Waals surface area contributed by atoms with Crippen molar-refractivity contribution in [2.45, 2.75) is 103 Å². The van der Waals surface area contributed by atoms with Gasteiger partial charge in [0.05, 0.1) is 27.7 Å². The van der Waals surface area contributed by atoms with Crippen LogP contribution in [0.3, 0.4) is 0 Å². The predicted octanol–water partition coefficient (Wildman–Crippen LogP) is 8.10. The summed E-state index contributed by atoms with van der Waals surface area (Å²) >= 11 is 0. The van der Waals surface area contributed by atoms with Gasteiger partial charge in [-0.1, -0.05) is 106 Å². The Hall–Kier alpha value is -2.55. The fourth-order valence-electron chi connectivity index (χ4n) is 3.79. The molecule has 0 saturated carbocycles. The molecule has 0 aromatic carbocycles. The summed E-state index contributed by atoms with van der Waals surface area (Å²) in [4.78, 5) is 36.8. The van der Waals surface area contributed by atoms with Crippen LogP contribution >= 0.6 is 7.82 Å². The topological polar surface area (TPSA) is 111 Å². The van der Waals surface area contributed by atoms with Crippen molar-refractivity contribution in [2.24, 2.45) is 0 Å². The van der Waals surface area contributed by atoms with E-state index in [0.717, 1.165) is 57.8 Å². The van der Waals surface area contributed by atoms with Gasteiger partial charge in [-0.2, -0.15) is 0 Å². The number of ether oxygens (including phenoxy) is 2. The molecular weight excluding hydrogens is 617 g/mol. The van der Waals surface area contributed by atoms with E-state index in [9.17, 15) is 19.0 Å². The number of unbranched alkanes of at least 4 members (excludes halogenated alkanes) is 3. The summed E-state index contributed by atoms with van der Waals surface area (Å²) < 4.78 is 33.3. The van der Waals surface area contributed by atoms with Crippen LogP contribution < -0.4 is 4.89 Å². The van der Waals surface area contributed by atoms with Crippen LogP contribution in [0, 0.1) is 0 Å². The summed E-state index contributed by atoms with van der Waals surface area (Å²) in [6, 6.07) is 0. The van der Waals surface area contributed by atoms with Crippen molar-refractivity contribution in [3.63, 3.8) is 0 Å². The molecule has 0 aliphatic carbocycles. The third kappa shape index (κ3) is 33.2. The van der Waals surface area contributed by atoms with Crippen molar-refractivity contribution < 1.29 is 42.1 Å². The number of carbonyl (C=O) groups excluding carboxylic acids is 2. The van der Waals surface area contributed by atoms with E-state index in [1.807, 2.05) is 33.3 Å². The Balaban J connectivity index is 4.50. The van der Waals surface area contributed by atoms with Gasteiger partial charge in [0, 0.05) is 12.8 Å². The largest absolute Gasteiger partial charge is 0.756 e. The number of rotatable bonds is 29. The minimum Gasteiger partial charge on any atom is -0.756 e. The van der Waals surface area contributed by atoms with Crippen LogP contribution in [0.1, 0.15) is 97.3 Å². The lowest BCUT2D eigenvalue weighted by atomic mass is 10.2. The van der Waals surface area contributed by atoms with E-state index in [1.54, 1.807) is 0 Å². The van der Waals surface area contributed by atoms with Gasteiger partial charge in [-0.05, 0) is 51.4 Å². The Morgan fingerprint density at radius 1 is 0.681 bits per heavy atom. The fraction of sp³-hybridized carbons (Fsp3) is 0.622. The molecule has 0 heterocycles. The summed E-state index contributed by atoms with van der Waals surface area (Å²) in [6.07, 6.45) is 34.4. The zero-order chi connectivity index (χ0) is 35.1. The van der Waals surface area contributed by atoms with Gasteiger partial charge in [0.2, 0.25) is 0 Å². The number of allylic oxidation sites excluding steroid dienone is 12. The number of phosphoric acid groups is 1. The molecule has 0 radical (unpaired) electrons. The van der Waals surface area contributed by atoms with Crippen LogP contribution in [0.25, 0.3) is 0 Å². The molecular formula is C37H62NO8P. The standard InChI is InChI=1S/C37H62NO8P/c1-6-8-10-12-13-14-15-16-17-18-19-20-21-22-23-24-25-26-28-30-37(40)46-35(33-43-36(39)29-27-11-9-7-2)34-45-47(41,42)44-32-31-38(3,4)5/h8,10,13-14,16-17,19-20,22-23,25-26,35H,6-7,9,11-12,15,18,21,24,27-34H2,1-5H3/b10-8-,14-13-,17-16-,20-19-,23-22-,26-25-. The van der Waals surface area contributed by atoms with E-state index in [4.69, 9.17) is 18.5 Å². The van der Waals surface area contributed by atoms with Gasteiger partial charge in [-0.25, -0.2) is 0 Å². The first-order valence-corrected chi connectivity index (χ1v) is 18.6. The number of likely N-dealkylation sites (N-methyl/N-ethyl adjacent to an activating group) is 1. The third-order valence-corrected chi connectivity index (χ3v) is 7.47. The van der Waals surface area contributed by atoms with Gasteiger partial charge < -0.3 is 27.9 Å². The maximum atomic E-state index is 12.5. The van der Waals surface area contributed by atoms with Gasteiger partial charge in [0.1, 0.15) is 19.8 Å². The molecule has 47 heavy (non-hydrogen) atoms. The quantitative estimate of drug-likeness (QED) is 0.0256. The molecule has 10 heteroatoms. The maximum absolute atomic E-state index is 12.5. The highest BCUT2D eigenvalue weighted by Crippen LogP contribution is 2.38. The van der Waals surface area contributed by atoms with Gasteiger partial charge in [0.25, 0.3) is 7.82 Å². The molecule has 9 nitrogen and oxygen atoms in total. The van der Waals surface area contributed by atoms with Crippen molar-refractivity contribution in [1.29, 1.82) is 0 Å². The molecule has 0 aromatic heterocycles. The average Bonchev–Trinajstić information content (AvgIpc) is 3.01. The molecule has 0 fully saturated rings. The van der Waals surface area contributed by atoms with Crippen LogP contribution in [0.2, 0.25) is 0 Å². The molecule has 2 unspecified atom stereocenters. The Morgan fingerprint density at radius 2 is 1.21 bits per heavy atom. The molecule has 0 aliphatic heterocycles. The SMILES string of the molecule is CC/C=C\C/C=C\C/C=C\C/C=C\C/C=C\C/C=C\CCC(=O)OC(COC(=O)CCCCCC)COP(=O)([O-])OCC[N+](C)(C)C. The average molecular weight is 680 g/mol. The number of quaternary nitrogens is 1. The van der Waals surface area contributed by atoms with Gasteiger partial charge in [-0.15, -0.1) is 0 Å². The number of carbonyl (C=O) groups is 2. The van der Waals surface area contributed by atoms with E-state index in [0.29, 0.717) is 23.9 Å². The van der Waals surface area contributed by atoms with E-state index >= 15 is 0 Å². The minimum absolute atomic E-state index is 0.0482. The second-order valence-electron chi connectivity index (χ2n) is 12.1. The third-order valence-electron chi connectivity index (χ3n) is 6.50. The second-order valence-corrected chi connectivity index (χ2v) is 13.6. The molecule has 2 atom stereocenters. The highest BCUT2D eigenvalue weighted by molar-refractivity contribution is 7.45. The van der Waals surface area contributed by atoms with Gasteiger partial charge >= 0.3 is 11.9 Å². The molecule has 0 aromatic rings. The first-order valence-electron chi connectivity index (χ1n) is 17.1. The van der Waals surface area contributed by atoms with E-state index in [1.165, 1.54) is 0 Å². The van der Waals surface area contributed by atoms with Gasteiger partial charge in [0.15, 0.2) is 6.10 Å². The first-order chi connectivity index (χ1) is 22.5. The summed E-state index contributed by atoms with van der Waals surface area (Å²) in [6.45, 7) is 3.83. The molecule has 0 aliphatic rings. The van der Waals surface area contributed by atoms with E-state index in [2.05, 4.69) is 74.6 Å². The number of nitrogens with zero attached hydrogens (tertiary/aromatic N) is 1. The second kappa shape index (κ2) is 29.6. The summed E-state index contributed by atoms with van der Waals surface area (Å²) in [7, 11) is 1.10. The van der Waals surface area contributed by atoms with Crippen molar-refractivity contribution in [3.05, 3.63) is 72.9 Å². The van der Waals surface area contributed by atoms with E-state index < -0.39 is 32.5 Å². The molecule has 0 saturated heterocycles. The molecule has 0 amide bonds. The molecule has 268 valence electrons. The number of hydrogen-bond acceptors (Lipinski definition) is 8.